The second-order valence-corrected chi connectivity index (χ2v) is 3.11. The Morgan fingerprint density at radius 1 is 1.53 bits per heavy atom. The molecule has 0 atom stereocenters. The zero-order valence-electron chi connectivity index (χ0n) is 8.60. The highest BCUT2D eigenvalue weighted by Gasteiger charge is 2.09. The molecule has 1 aromatic carbocycles. The summed E-state index contributed by atoms with van der Waals surface area (Å²) in [5.74, 6) is -0.469. The molecule has 0 fully saturated rings. The fourth-order valence-electron chi connectivity index (χ4n) is 1.15. The molecule has 0 saturated heterocycles. The highest BCUT2D eigenvalue weighted by molar-refractivity contribution is 5.91. The number of nitrogens with zero attached hydrogens (tertiary/aromatic N) is 3. The van der Waals surface area contributed by atoms with Gasteiger partial charge in [0.2, 0.25) is 0 Å². The molecular weight excluding hydrogens is 194 g/mol. The van der Waals surface area contributed by atoms with E-state index < -0.39 is 5.97 Å². The van der Waals surface area contributed by atoms with Crippen LogP contribution in [0.3, 0.4) is 0 Å². The van der Waals surface area contributed by atoms with Gasteiger partial charge in [-0.3, -0.25) is 0 Å². The Balaban J connectivity index is 2.81. The molecule has 5 heteroatoms. The molecule has 0 aliphatic heterocycles. The summed E-state index contributed by atoms with van der Waals surface area (Å²) in [7, 11) is 0. The van der Waals surface area contributed by atoms with Crippen LogP contribution in [0.1, 0.15) is 21.5 Å². The van der Waals surface area contributed by atoms with Gasteiger partial charge in [0.25, 0.3) is 0 Å². The first-order valence-corrected chi connectivity index (χ1v) is 4.40. The molecule has 15 heavy (non-hydrogen) atoms. The van der Waals surface area contributed by atoms with Gasteiger partial charge in [0.15, 0.2) is 6.73 Å². The fraction of sp³-hybridized carbons (Fsp3) is 0.300. The maximum Gasteiger partial charge on any atom is 0.338 e. The van der Waals surface area contributed by atoms with E-state index in [9.17, 15) is 4.79 Å². The van der Waals surface area contributed by atoms with Crippen molar-refractivity contribution in [3.8, 4) is 0 Å². The molecule has 5 nitrogen and oxygen atoms in total. The van der Waals surface area contributed by atoms with Gasteiger partial charge in [-0.25, -0.2) is 4.79 Å². The molecule has 0 aliphatic carbocycles. The van der Waals surface area contributed by atoms with Crippen molar-refractivity contribution in [2.24, 2.45) is 5.11 Å². The van der Waals surface area contributed by atoms with E-state index in [0.717, 1.165) is 11.1 Å². The predicted octanol–water partition coefficient (Wildman–Crippen LogP) is 2.73. The predicted molar refractivity (Wildman–Crippen MR) is 55.3 cm³/mol. The lowest BCUT2D eigenvalue weighted by Crippen LogP contribution is -2.07. The normalized spacial score (nSPS) is 9.20. The summed E-state index contributed by atoms with van der Waals surface area (Å²) < 4.78 is 4.74. The average molecular weight is 205 g/mol. The molecule has 0 bridgehead atoms. The molecule has 0 amide bonds. The van der Waals surface area contributed by atoms with Crippen LogP contribution in [0.4, 0.5) is 0 Å². The van der Waals surface area contributed by atoms with E-state index in [2.05, 4.69) is 10.0 Å². The molecule has 0 saturated carbocycles. The van der Waals surface area contributed by atoms with Crippen molar-refractivity contribution >= 4 is 5.97 Å². The largest absolute Gasteiger partial charge is 0.456 e. The first-order valence-electron chi connectivity index (χ1n) is 4.40. The van der Waals surface area contributed by atoms with Crippen LogP contribution < -0.4 is 0 Å². The number of carbonyl (C=O) groups excluding carboxylic acids is 1. The van der Waals surface area contributed by atoms with E-state index in [4.69, 9.17) is 10.3 Å². The van der Waals surface area contributed by atoms with E-state index in [1.54, 1.807) is 6.07 Å². The lowest BCUT2D eigenvalue weighted by Gasteiger charge is -2.05. The van der Waals surface area contributed by atoms with Gasteiger partial charge in [-0.05, 0) is 31.0 Å². The summed E-state index contributed by atoms with van der Waals surface area (Å²) in [6.07, 6.45) is 0. The van der Waals surface area contributed by atoms with Gasteiger partial charge in [0.05, 0.1) is 5.56 Å². The number of hydrogen-bond donors (Lipinski definition) is 0. The third-order valence-electron chi connectivity index (χ3n) is 1.93. The Kier molecular flexibility index (Phi) is 3.71. The van der Waals surface area contributed by atoms with Gasteiger partial charge in [0, 0.05) is 4.91 Å². The van der Waals surface area contributed by atoms with Gasteiger partial charge in [-0.15, -0.1) is 0 Å². The number of hydrogen-bond acceptors (Lipinski definition) is 3. The molecule has 1 aromatic rings. The van der Waals surface area contributed by atoms with Gasteiger partial charge >= 0.3 is 5.97 Å². The van der Waals surface area contributed by atoms with Gasteiger partial charge < -0.3 is 4.74 Å². The minimum atomic E-state index is -0.469. The Bertz CT molecular complexity index is 423. The van der Waals surface area contributed by atoms with E-state index >= 15 is 0 Å². The molecule has 1 rings (SSSR count). The standard InChI is InChI=1S/C10H11N3O2/c1-7-3-4-8(2)9(5-7)10(14)15-6-12-13-11/h3-5H,6H2,1-2H3. The third kappa shape index (κ3) is 3.00. The monoisotopic (exact) mass is 205 g/mol. The Hall–Kier alpha value is -2.00. The number of aryl methyl sites for hydroxylation is 2. The molecule has 78 valence electrons. The van der Waals surface area contributed by atoms with Crippen LogP contribution in [0.25, 0.3) is 10.4 Å². The highest BCUT2D eigenvalue weighted by Crippen LogP contribution is 2.11. The fourth-order valence-corrected chi connectivity index (χ4v) is 1.15. The lowest BCUT2D eigenvalue weighted by molar-refractivity contribution is 0.0514. The summed E-state index contributed by atoms with van der Waals surface area (Å²) in [6.45, 7) is 3.44. The van der Waals surface area contributed by atoms with Crippen molar-refractivity contribution in [3.63, 3.8) is 0 Å². The smallest absolute Gasteiger partial charge is 0.338 e. The van der Waals surface area contributed by atoms with Gasteiger partial charge in [-0.1, -0.05) is 22.8 Å². The van der Waals surface area contributed by atoms with Crippen LogP contribution >= 0.6 is 0 Å². The minimum absolute atomic E-state index is 0.275. The molecule has 0 heterocycles. The quantitative estimate of drug-likeness (QED) is 0.329. The summed E-state index contributed by atoms with van der Waals surface area (Å²) in [5, 5.41) is 3.13. The van der Waals surface area contributed by atoms with Crippen LogP contribution in [-0.4, -0.2) is 12.7 Å². The number of esters is 1. The topological polar surface area (TPSA) is 75.1 Å². The second kappa shape index (κ2) is 5.02. The minimum Gasteiger partial charge on any atom is -0.456 e. The van der Waals surface area contributed by atoms with Crippen LogP contribution in [0.2, 0.25) is 0 Å². The summed E-state index contributed by atoms with van der Waals surface area (Å²) in [6, 6.07) is 5.51. The average Bonchev–Trinajstić information content (AvgIpc) is 2.22. The summed E-state index contributed by atoms with van der Waals surface area (Å²) in [4.78, 5) is 14.0. The second-order valence-electron chi connectivity index (χ2n) is 3.11. The third-order valence-corrected chi connectivity index (χ3v) is 1.93. The van der Waals surface area contributed by atoms with Crippen molar-refractivity contribution in [3.05, 3.63) is 45.3 Å². The van der Waals surface area contributed by atoms with Crippen molar-refractivity contribution in [2.45, 2.75) is 13.8 Å². The van der Waals surface area contributed by atoms with Crippen LogP contribution in [0, 0.1) is 13.8 Å². The van der Waals surface area contributed by atoms with E-state index in [-0.39, 0.29) is 6.73 Å². The molecular formula is C10H11N3O2. The number of benzene rings is 1. The highest BCUT2D eigenvalue weighted by atomic mass is 16.5. The van der Waals surface area contributed by atoms with Crippen LogP contribution in [0.15, 0.2) is 23.3 Å². The number of carbonyl (C=O) groups is 1. The Morgan fingerprint density at radius 2 is 2.27 bits per heavy atom. The van der Waals surface area contributed by atoms with Gasteiger partial charge in [0.1, 0.15) is 0 Å². The molecule has 0 radical (unpaired) electrons. The van der Waals surface area contributed by atoms with E-state index in [0.29, 0.717) is 5.56 Å². The molecule has 0 unspecified atom stereocenters. The van der Waals surface area contributed by atoms with Crippen molar-refractivity contribution in [2.75, 3.05) is 6.73 Å². The van der Waals surface area contributed by atoms with E-state index in [1.807, 2.05) is 26.0 Å². The maximum absolute atomic E-state index is 11.5. The first kappa shape index (κ1) is 11.1. The number of ether oxygens (including phenoxy) is 1. The zero-order chi connectivity index (χ0) is 11.3. The summed E-state index contributed by atoms with van der Waals surface area (Å²) in [5.41, 5.74) is 10.3. The molecule has 0 aromatic heterocycles. The molecule has 0 N–H and O–H groups in total. The number of rotatable bonds is 3. The van der Waals surface area contributed by atoms with Crippen LogP contribution in [-0.2, 0) is 4.74 Å². The van der Waals surface area contributed by atoms with Crippen LogP contribution in [0.5, 0.6) is 0 Å². The Morgan fingerprint density at radius 3 is 2.93 bits per heavy atom. The van der Waals surface area contributed by atoms with Crippen molar-refractivity contribution < 1.29 is 9.53 Å². The Labute approximate surface area is 87.3 Å². The number of azide groups is 1. The molecule has 0 aliphatic rings. The van der Waals surface area contributed by atoms with Crippen molar-refractivity contribution in [1.82, 2.24) is 0 Å². The lowest BCUT2D eigenvalue weighted by atomic mass is 10.1. The van der Waals surface area contributed by atoms with E-state index in [1.165, 1.54) is 0 Å². The SMILES string of the molecule is Cc1ccc(C)c(C(=O)OCN=[N+]=[N-])c1. The van der Waals surface area contributed by atoms with Gasteiger partial charge in [-0.2, -0.15) is 0 Å². The summed E-state index contributed by atoms with van der Waals surface area (Å²) >= 11 is 0. The maximum atomic E-state index is 11.5. The first-order chi connectivity index (χ1) is 7.15. The molecule has 0 spiro atoms. The zero-order valence-corrected chi connectivity index (χ0v) is 8.60. The van der Waals surface area contributed by atoms with Crippen molar-refractivity contribution in [1.29, 1.82) is 0 Å².